The van der Waals surface area contributed by atoms with Crippen molar-refractivity contribution in [2.75, 3.05) is 6.54 Å². The zero-order chi connectivity index (χ0) is 23.7. The van der Waals surface area contributed by atoms with Crippen molar-refractivity contribution in [3.63, 3.8) is 0 Å². The molecule has 2 aliphatic rings. The summed E-state index contributed by atoms with van der Waals surface area (Å²) in [5, 5.41) is 7.00. The van der Waals surface area contributed by atoms with Crippen molar-refractivity contribution in [2.24, 2.45) is 0 Å². The van der Waals surface area contributed by atoms with E-state index in [1.54, 1.807) is 18.3 Å². The number of nitrogens with zero attached hydrogens (tertiary/aromatic N) is 1. The number of rotatable bonds is 7. The van der Waals surface area contributed by atoms with Gasteiger partial charge in [-0.1, -0.05) is 11.6 Å². The highest BCUT2D eigenvalue weighted by atomic mass is 16.2. The average Bonchev–Trinajstić information content (AvgIpc) is 3.53. The molecular formula is C26H31N5O3. The van der Waals surface area contributed by atoms with Crippen LogP contribution >= 0.6 is 0 Å². The Labute approximate surface area is 198 Å². The van der Waals surface area contributed by atoms with Gasteiger partial charge in [-0.3, -0.25) is 14.4 Å². The van der Waals surface area contributed by atoms with Gasteiger partial charge in [-0.2, -0.15) is 0 Å². The fourth-order valence-electron chi connectivity index (χ4n) is 5.55. The number of carbonyl (C=O) groups excluding carboxylic acids is 3. The van der Waals surface area contributed by atoms with Gasteiger partial charge in [-0.25, -0.2) is 0 Å². The quantitative estimate of drug-likeness (QED) is 0.434. The van der Waals surface area contributed by atoms with E-state index in [4.69, 9.17) is 0 Å². The zero-order valence-corrected chi connectivity index (χ0v) is 19.4. The predicted molar refractivity (Wildman–Crippen MR) is 129 cm³/mol. The first kappa shape index (κ1) is 22.3. The van der Waals surface area contributed by atoms with Gasteiger partial charge in [0.1, 0.15) is 5.69 Å². The third kappa shape index (κ3) is 4.58. The molecule has 4 N–H and O–H groups in total. The standard InChI is InChI=1S/C26H31N5O3/c1-16-4-7-22-21(11-16)17(15-29-22)12-25(33)31-19-5-6-20(31)14-18(13-19)30-24(32)8-10-28-26(34)23-3-2-9-27-23/h2-4,7,9,11,15,18-20,27,29H,5-6,8,10,12-14H2,1H3,(H,28,34)(H,30,32)/t19-,20-/m0/s1. The number of amides is 3. The number of aryl methyl sites for hydroxylation is 1. The van der Waals surface area contributed by atoms with Gasteiger partial charge in [0.15, 0.2) is 0 Å². The number of hydrogen-bond donors (Lipinski definition) is 4. The Morgan fingerprint density at radius 1 is 1.09 bits per heavy atom. The first-order valence-corrected chi connectivity index (χ1v) is 12.1. The van der Waals surface area contributed by atoms with E-state index in [1.807, 2.05) is 6.20 Å². The van der Waals surface area contributed by atoms with E-state index in [-0.39, 0.29) is 48.8 Å². The molecule has 0 aliphatic carbocycles. The number of benzene rings is 1. The molecule has 0 saturated carbocycles. The van der Waals surface area contributed by atoms with Crippen LogP contribution in [-0.4, -0.2) is 57.3 Å². The van der Waals surface area contributed by atoms with Crippen LogP contribution in [0, 0.1) is 6.92 Å². The zero-order valence-electron chi connectivity index (χ0n) is 19.4. The molecule has 2 bridgehead atoms. The summed E-state index contributed by atoms with van der Waals surface area (Å²) in [6, 6.07) is 10.1. The van der Waals surface area contributed by atoms with Crippen LogP contribution in [0.4, 0.5) is 0 Å². The van der Waals surface area contributed by atoms with Crippen LogP contribution in [0.1, 0.15) is 53.7 Å². The van der Waals surface area contributed by atoms with Crippen LogP contribution < -0.4 is 10.6 Å². The molecule has 2 fully saturated rings. The maximum Gasteiger partial charge on any atom is 0.267 e. The van der Waals surface area contributed by atoms with Crippen molar-refractivity contribution < 1.29 is 14.4 Å². The smallest absolute Gasteiger partial charge is 0.267 e. The van der Waals surface area contributed by atoms with Gasteiger partial charge < -0.3 is 25.5 Å². The highest BCUT2D eigenvalue weighted by Crippen LogP contribution is 2.36. The normalized spacial score (nSPS) is 21.6. The summed E-state index contributed by atoms with van der Waals surface area (Å²) in [4.78, 5) is 45.9. The van der Waals surface area contributed by atoms with Crippen molar-refractivity contribution >= 4 is 28.6 Å². The summed E-state index contributed by atoms with van der Waals surface area (Å²) in [5.74, 6) is -0.107. The molecule has 3 amide bonds. The van der Waals surface area contributed by atoms with Gasteiger partial charge in [-0.15, -0.1) is 0 Å². The molecule has 1 aromatic carbocycles. The summed E-state index contributed by atoms with van der Waals surface area (Å²) < 4.78 is 0. The molecular weight excluding hydrogens is 430 g/mol. The Morgan fingerprint density at radius 3 is 2.62 bits per heavy atom. The van der Waals surface area contributed by atoms with Crippen LogP contribution in [-0.2, 0) is 16.0 Å². The Morgan fingerprint density at radius 2 is 1.88 bits per heavy atom. The number of H-pyrrole nitrogens is 2. The highest BCUT2D eigenvalue weighted by Gasteiger charge is 2.43. The van der Waals surface area contributed by atoms with E-state index in [1.165, 1.54) is 5.56 Å². The molecule has 2 saturated heterocycles. The molecule has 4 heterocycles. The largest absolute Gasteiger partial charge is 0.361 e. The van der Waals surface area contributed by atoms with E-state index >= 15 is 0 Å². The molecule has 34 heavy (non-hydrogen) atoms. The third-order valence-electron chi connectivity index (χ3n) is 7.13. The van der Waals surface area contributed by atoms with Gasteiger partial charge in [0, 0.05) is 54.4 Å². The minimum atomic E-state index is -0.215. The first-order valence-electron chi connectivity index (χ1n) is 12.1. The average molecular weight is 462 g/mol. The van der Waals surface area contributed by atoms with E-state index in [0.717, 1.165) is 42.1 Å². The predicted octanol–water partition coefficient (Wildman–Crippen LogP) is 2.81. The van der Waals surface area contributed by atoms with Crippen LogP contribution in [0.25, 0.3) is 10.9 Å². The number of aromatic amines is 2. The number of piperidine rings is 1. The van der Waals surface area contributed by atoms with Gasteiger partial charge in [-0.05, 0) is 62.4 Å². The molecule has 178 valence electrons. The Hall–Kier alpha value is -3.55. The lowest BCUT2D eigenvalue weighted by Crippen LogP contribution is -2.53. The van der Waals surface area contributed by atoms with Crippen molar-refractivity contribution in [3.05, 3.63) is 59.5 Å². The molecule has 2 aromatic heterocycles. The number of aromatic nitrogens is 2. The summed E-state index contributed by atoms with van der Waals surface area (Å²) in [5.41, 5.74) is 3.76. The molecule has 5 rings (SSSR count). The Kier molecular flexibility index (Phi) is 6.13. The van der Waals surface area contributed by atoms with Crippen LogP contribution in [0.3, 0.4) is 0 Å². The summed E-state index contributed by atoms with van der Waals surface area (Å²) in [6.45, 7) is 2.35. The maximum atomic E-state index is 13.3. The fourth-order valence-corrected chi connectivity index (χ4v) is 5.55. The molecule has 8 nitrogen and oxygen atoms in total. The minimum absolute atomic E-state index is 0.0647. The van der Waals surface area contributed by atoms with Gasteiger partial charge >= 0.3 is 0 Å². The second-order valence-electron chi connectivity index (χ2n) is 9.55. The number of carbonyl (C=O) groups is 3. The molecule has 0 radical (unpaired) electrons. The van der Waals surface area contributed by atoms with E-state index < -0.39 is 0 Å². The molecule has 8 heteroatoms. The Bertz CT molecular complexity index is 1180. The number of hydrogen-bond acceptors (Lipinski definition) is 3. The van der Waals surface area contributed by atoms with Crippen LogP contribution in [0.5, 0.6) is 0 Å². The monoisotopic (exact) mass is 461 g/mol. The van der Waals surface area contributed by atoms with E-state index in [2.05, 4.69) is 50.6 Å². The van der Waals surface area contributed by atoms with Crippen molar-refractivity contribution in [2.45, 2.75) is 63.6 Å². The van der Waals surface area contributed by atoms with Gasteiger partial charge in [0.05, 0.1) is 6.42 Å². The second kappa shape index (κ2) is 9.37. The van der Waals surface area contributed by atoms with E-state index in [9.17, 15) is 14.4 Å². The van der Waals surface area contributed by atoms with Gasteiger partial charge in [0.2, 0.25) is 11.8 Å². The van der Waals surface area contributed by atoms with Crippen molar-refractivity contribution in [1.82, 2.24) is 25.5 Å². The molecule has 2 atom stereocenters. The molecule has 0 unspecified atom stereocenters. The van der Waals surface area contributed by atoms with Crippen LogP contribution in [0.15, 0.2) is 42.7 Å². The lowest BCUT2D eigenvalue weighted by molar-refractivity contribution is -0.135. The van der Waals surface area contributed by atoms with Gasteiger partial charge in [0.25, 0.3) is 5.91 Å². The maximum absolute atomic E-state index is 13.3. The SMILES string of the molecule is Cc1ccc2[nH]cc(CC(=O)N3[C@H]4CC[C@H]3CC(NC(=O)CCNC(=O)c3ccc[nH]3)C4)c2c1. The van der Waals surface area contributed by atoms with Crippen molar-refractivity contribution in [3.8, 4) is 0 Å². The first-order chi connectivity index (χ1) is 16.5. The minimum Gasteiger partial charge on any atom is -0.361 e. The summed E-state index contributed by atoms with van der Waals surface area (Å²) in [6.07, 6.45) is 7.82. The molecule has 0 spiro atoms. The second-order valence-corrected chi connectivity index (χ2v) is 9.55. The number of nitrogens with one attached hydrogen (secondary N) is 4. The molecule has 3 aromatic rings. The fraction of sp³-hybridized carbons (Fsp3) is 0.423. The molecule has 2 aliphatic heterocycles. The van der Waals surface area contributed by atoms with E-state index in [0.29, 0.717) is 12.1 Å². The third-order valence-corrected chi connectivity index (χ3v) is 7.13. The summed E-state index contributed by atoms with van der Waals surface area (Å²) in [7, 11) is 0. The lowest BCUT2D eigenvalue weighted by Gasteiger charge is -2.39. The number of fused-ring (bicyclic) bond motifs is 3. The summed E-state index contributed by atoms with van der Waals surface area (Å²) >= 11 is 0. The lowest BCUT2D eigenvalue weighted by atomic mass is 9.96. The Balaban J connectivity index is 1.12. The van der Waals surface area contributed by atoms with Crippen LogP contribution in [0.2, 0.25) is 0 Å². The van der Waals surface area contributed by atoms with Crippen molar-refractivity contribution in [1.29, 1.82) is 0 Å². The topological polar surface area (TPSA) is 110 Å². The highest BCUT2D eigenvalue weighted by molar-refractivity contribution is 5.92.